The minimum atomic E-state index is -0.453. The Morgan fingerprint density at radius 3 is 2.50 bits per heavy atom. The molecule has 0 spiro atoms. The molecule has 2 heterocycles. The van der Waals surface area contributed by atoms with Crippen LogP contribution in [0.4, 0.5) is 23.0 Å². The maximum atomic E-state index is 11.7. The zero-order valence-corrected chi connectivity index (χ0v) is 15.2. The summed E-state index contributed by atoms with van der Waals surface area (Å²) in [7, 11) is 2.05. The number of hydrogen-bond donors (Lipinski definition) is 2. The molecule has 0 bridgehead atoms. The lowest BCUT2D eigenvalue weighted by molar-refractivity contribution is -0.383. The highest BCUT2D eigenvalue weighted by Crippen LogP contribution is 2.32. The van der Waals surface area contributed by atoms with Gasteiger partial charge in [-0.15, -0.1) is 0 Å². The molecule has 1 saturated heterocycles. The molecule has 3 rings (SSSR count). The molecule has 0 unspecified atom stereocenters. The van der Waals surface area contributed by atoms with Crippen LogP contribution < -0.4 is 10.7 Å². The van der Waals surface area contributed by atoms with Crippen LogP contribution in [0.2, 0.25) is 0 Å². The van der Waals surface area contributed by atoms with Crippen molar-refractivity contribution in [3.63, 3.8) is 0 Å². The number of nitrogens with one attached hydrogen (secondary N) is 2. The number of likely N-dealkylation sites (N-methyl/N-ethyl adjacent to an activating group) is 1. The maximum Gasteiger partial charge on any atom is 0.354 e. The Bertz CT molecular complexity index is 804. The van der Waals surface area contributed by atoms with E-state index in [-0.39, 0.29) is 17.3 Å². The molecule has 2 aromatic rings. The molecule has 1 aromatic heterocycles. The molecular weight excluding hydrogens is 334 g/mol. The summed E-state index contributed by atoms with van der Waals surface area (Å²) in [6.45, 7) is 7.21. The lowest BCUT2D eigenvalue weighted by atomic mass is 10.1. The van der Waals surface area contributed by atoms with Crippen LogP contribution >= 0.6 is 0 Å². The molecular formula is C17H23N7O2. The fourth-order valence-corrected chi connectivity index (χ4v) is 2.79. The van der Waals surface area contributed by atoms with Gasteiger partial charge in [-0.05, 0) is 38.1 Å². The number of aryl methyl sites for hydroxylation is 2. The summed E-state index contributed by atoms with van der Waals surface area (Å²) in [5.41, 5.74) is 5.75. The van der Waals surface area contributed by atoms with Crippen LogP contribution in [-0.4, -0.2) is 58.0 Å². The van der Waals surface area contributed by atoms with Crippen molar-refractivity contribution in [1.82, 2.24) is 19.9 Å². The Labute approximate surface area is 152 Å². The highest BCUT2D eigenvalue weighted by Gasteiger charge is 2.25. The summed E-state index contributed by atoms with van der Waals surface area (Å²) in [4.78, 5) is 21.7. The molecule has 1 fully saturated rings. The summed E-state index contributed by atoms with van der Waals surface area (Å²) in [6, 6.07) is 5.90. The van der Waals surface area contributed by atoms with E-state index in [2.05, 4.69) is 32.7 Å². The average molecular weight is 357 g/mol. The van der Waals surface area contributed by atoms with Crippen LogP contribution in [0.15, 0.2) is 24.5 Å². The minimum absolute atomic E-state index is 0.160. The first kappa shape index (κ1) is 18.0. The summed E-state index contributed by atoms with van der Waals surface area (Å²) >= 11 is 0. The van der Waals surface area contributed by atoms with E-state index in [0.29, 0.717) is 0 Å². The second-order valence-electron chi connectivity index (χ2n) is 6.52. The maximum absolute atomic E-state index is 11.7. The second-order valence-corrected chi connectivity index (χ2v) is 6.52. The van der Waals surface area contributed by atoms with Gasteiger partial charge in [-0.3, -0.25) is 15.5 Å². The lowest BCUT2D eigenvalue weighted by Crippen LogP contribution is -2.47. The molecule has 9 heteroatoms. The van der Waals surface area contributed by atoms with E-state index in [1.54, 1.807) is 0 Å². The van der Waals surface area contributed by atoms with Gasteiger partial charge in [0.2, 0.25) is 11.6 Å². The zero-order chi connectivity index (χ0) is 18.7. The first-order chi connectivity index (χ1) is 12.4. The summed E-state index contributed by atoms with van der Waals surface area (Å²) in [6.07, 6.45) is 1.33. The smallest absolute Gasteiger partial charge is 0.334 e. The highest BCUT2D eigenvalue weighted by molar-refractivity contribution is 5.74. The third-order valence-electron chi connectivity index (χ3n) is 4.42. The fourth-order valence-electron chi connectivity index (χ4n) is 2.79. The van der Waals surface area contributed by atoms with E-state index < -0.39 is 4.92 Å². The number of hydrogen-bond acceptors (Lipinski definition) is 8. The third kappa shape index (κ3) is 4.06. The van der Waals surface area contributed by atoms with Gasteiger partial charge < -0.3 is 10.2 Å². The molecule has 0 saturated carbocycles. The van der Waals surface area contributed by atoms with E-state index in [4.69, 9.17) is 0 Å². The Hall–Kier alpha value is -2.78. The van der Waals surface area contributed by atoms with E-state index >= 15 is 0 Å². The normalized spacial score (nSPS) is 15.7. The summed E-state index contributed by atoms with van der Waals surface area (Å²) in [5.74, 6) is 0.373. The minimum Gasteiger partial charge on any atom is -0.334 e. The number of nitro groups is 1. The largest absolute Gasteiger partial charge is 0.354 e. The van der Waals surface area contributed by atoms with Crippen molar-refractivity contribution in [3.05, 3.63) is 45.8 Å². The Balaban J connectivity index is 1.88. The molecule has 26 heavy (non-hydrogen) atoms. The number of rotatable bonds is 5. The molecule has 0 aliphatic carbocycles. The molecule has 9 nitrogen and oxygen atoms in total. The van der Waals surface area contributed by atoms with Crippen molar-refractivity contribution in [2.45, 2.75) is 13.8 Å². The van der Waals surface area contributed by atoms with Crippen LogP contribution in [-0.2, 0) is 0 Å². The van der Waals surface area contributed by atoms with Gasteiger partial charge in [0.1, 0.15) is 6.33 Å². The molecule has 0 amide bonds. The monoisotopic (exact) mass is 357 g/mol. The lowest BCUT2D eigenvalue weighted by Gasteiger charge is -2.32. The van der Waals surface area contributed by atoms with Gasteiger partial charge in [0.15, 0.2) is 0 Å². The molecule has 138 valence electrons. The van der Waals surface area contributed by atoms with Crippen molar-refractivity contribution < 1.29 is 4.92 Å². The molecule has 1 aliphatic rings. The number of piperazine rings is 1. The fraction of sp³-hybridized carbons (Fsp3) is 0.412. The van der Waals surface area contributed by atoms with E-state index in [1.165, 1.54) is 6.33 Å². The molecule has 1 aliphatic heterocycles. The topological polar surface area (TPSA) is 99.5 Å². The second kappa shape index (κ2) is 7.63. The quantitative estimate of drug-likeness (QED) is 0.621. The van der Waals surface area contributed by atoms with Crippen LogP contribution in [0.3, 0.4) is 0 Å². The number of aromatic nitrogens is 2. The van der Waals surface area contributed by atoms with Crippen LogP contribution in [0, 0.1) is 24.0 Å². The van der Waals surface area contributed by atoms with Gasteiger partial charge in [0.05, 0.1) is 4.92 Å². The van der Waals surface area contributed by atoms with Crippen molar-refractivity contribution in [1.29, 1.82) is 0 Å². The Morgan fingerprint density at radius 2 is 1.81 bits per heavy atom. The zero-order valence-electron chi connectivity index (χ0n) is 15.2. The van der Waals surface area contributed by atoms with Crippen LogP contribution in [0.5, 0.6) is 0 Å². The summed E-state index contributed by atoms with van der Waals surface area (Å²) < 4.78 is 0. The van der Waals surface area contributed by atoms with Gasteiger partial charge in [0, 0.05) is 31.9 Å². The van der Waals surface area contributed by atoms with Gasteiger partial charge in [-0.25, -0.2) is 15.0 Å². The van der Waals surface area contributed by atoms with Crippen LogP contribution in [0.25, 0.3) is 0 Å². The van der Waals surface area contributed by atoms with Gasteiger partial charge in [-0.1, -0.05) is 12.1 Å². The van der Waals surface area contributed by atoms with Crippen LogP contribution in [0.1, 0.15) is 11.1 Å². The molecule has 2 N–H and O–H groups in total. The number of hydrazine groups is 1. The van der Waals surface area contributed by atoms with E-state index in [0.717, 1.165) is 43.0 Å². The van der Waals surface area contributed by atoms with E-state index in [1.807, 2.05) is 37.1 Å². The van der Waals surface area contributed by atoms with Gasteiger partial charge in [-0.2, -0.15) is 0 Å². The van der Waals surface area contributed by atoms with Gasteiger partial charge in [0.25, 0.3) is 0 Å². The van der Waals surface area contributed by atoms with Gasteiger partial charge >= 0.3 is 5.69 Å². The average Bonchev–Trinajstić information content (AvgIpc) is 2.60. The number of benzene rings is 1. The highest BCUT2D eigenvalue weighted by atomic mass is 16.6. The number of anilines is 3. The molecule has 0 atom stereocenters. The van der Waals surface area contributed by atoms with E-state index in [9.17, 15) is 10.1 Å². The Kier molecular flexibility index (Phi) is 5.29. The SMILES string of the molecule is Cc1ccc(C)c(Nc2ncnc(NN3CCN(C)CC3)c2[N+](=O)[O-])c1. The Morgan fingerprint density at radius 1 is 1.12 bits per heavy atom. The van der Waals surface area contributed by atoms with Crippen molar-refractivity contribution in [2.24, 2.45) is 0 Å². The molecule has 1 aromatic carbocycles. The number of nitrogens with zero attached hydrogens (tertiary/aromatic N) is 5. The first-order valence-corrected chi connectivity index (χ1v) is 8.48. The standard InChI is InChI=1S/C17H23N7O2/c1-12-4-5-13(2)14(10-12)20-16-15(24(25)26)17(19-11-18-16)21-23-8-6-22(3)7-9-23/h4-5,10-11H,6-9H2,1-3H3,(H2,18,19,20,21). The van der Waals surface area contributed by atoms with Crippen molar-refractivity contribution >= 4 is 23.0 Å². The predicted molar refractivity (Wildman–Crippen MR) is 101 cm³/mol. The van der Waals surface area contributed by atoms with Crippen molar-refractivity contribution in [2.75, 3.05) is 44.0 Å². The summed E-state index contributed by atoms with van der Waals surface area (Å²) in [5, 5.41) is 16.7. The third-order valence-corrected chi connectivity index (χ3v) is 4.42. The van der Waals surface area contributed by atoms with Crippen molar-refractivity contribution in [3.8, 4) is 0 Å². The first-order valence-electron chi connectivity index (χ1n) is 8.48. The molecule has 0 radical (unpaired) electrons. The predicted octanol–water partition coefficient (Wildman–Crippen LogP) is 2.32.